The van der Waals surface area contributed by atoms with Crippen LogP contribution in [0.2, 0.25) is 0 Å². The van der Waals surface area contributed by atoms with E-state index in [1.165, 1.54) is 14.0 Å². The maximum absolute atomic E-state index is 13.1. The van der Waals surface area contributed by atoms with Gasteiger partial charge in [-0.05, 0) is 25.1 Å². The number of hydrogen-bond donors (Lipinski definition) is 1. The van der Waals surface area contributed by atoms with Crippen molar-refractivity contribution < 1.29 is 27.5 Å². The lowest BCUT2D eigenvalue weighted by atomic mass is 10.1. The van der Waals surface area contributed by atoms with Crippen LogP contribution in [0, 0.1) is 5.82 Å². The topological polar surface area (TPSA) is 40.5 Å². The van der Waals surface area contributed by atoms with Gasteiger partial charge in [-0.1, -0.05) is 0 Å². The number of aliphatic hydroxyl groups is 1. The molecule has 1 atom stereocenters. The Kier molecular flexibility index (Phi) is 4.52. The van der Waals surface area contributed by atoms with Gasteiger partial charge in [-0.3, -0.25) is 4.79 Å². The van der Waals surface area contributed by atoms with Crippen molar-refractivity contribution in [3.05, 3.63) is 35.1 Å². The summed E-state index contributed by atoms with van der Waals surface area (Å²) in [5.41, 5.74) is -1.76. The highest BCUT2D eigenvalue weighted by atomic mass is 19.4. The first kappa shape index (κ1) is 15.4. The minimum Gasteiger partial charge on any atom is -0.392 e. The molecule has 0 bridgehead atoms. The van der Waals surface area contributed by atoms with E-state index in [4.69, 9.17) is 5.11 Å². The van der Waals surface area contributed by atoms with Crippen LogP contribution in [-0.4, -0.2) is 35.6 Å². The molecule has 1 rings (SSSR count). The Morgan fingerprint density at radius 2 is 2.00 bits per heavy atom. The third-order valence-electron chi connectivity index (χ3n) is 2.40. The highest BCUT2D eigenvalue weighted by molar-refractivity contribution is 5.94. The number of nitrogens with zero attached hydrogens (tertiary/aromatic N) is 1. The molecule has 19 heavy (non-hydrogen) atoms. The highest BCUT2D eigenvalue weighted by Gasteiger charge is 2.34. The first-order chi connectivity index (χ1) is 8.62. The van der Waals surface area contributed by atoms with Crippen molar-refractivity contribution in [3.63, 3.8) is 0 Å². The SMILES string of the molecule is CC(O)CN(C)C(=O)c1ccc(F)c(C(F)(F)F)c1. The summed E-state index contributed by atoms with van der Waals surface area (Å²) in [5, 5.41) is 9.11. The molecule has 0 radical (unpaired) electrons. The summed E-state index contributed by atoms with van der Waals surface area (Å²) in [6.07, 6.45) is -5.67. The summed E-state index contributed by atoms with van der Waals surface area (Å²) in [6.45, 7) is 1.41. The smallest absolute Gasteiger partial charge is 0.392 e. The number of alkyl halides is 3. The average Bonchev–Trinajstić information content (AvgIpc) is 2.26. The predicted octanol–water partition coefficient (Wildman–Crippen LogP) is 2.30. The molecule has 3 nitrogen and oxygen atoms in total. The van der Waals surface area contributed by atoms with Crippen molar-refractivity contribution in [3.8, 4) is 0 Å². The number of likely N-dealkylation sites (N-methyl/N-ethyl adjacent to an activating group) is 1. The normalized spacial score (nSPS) is 13.2. The molecule has 0 saturated carbocycles. The number of benzene rings is 1. The second-order valence-electron chi connectivity index (χ2n) is 4.23. The van der Waals surface area contributed by atoms with E-state index in [0.717, 1.165) is 11.0 Å². The van der Waals surface area contributed by atoms with E-state index >= 15 is 0 Å². The molecule has 0 aliphatic heterocycles. The quantitative estimate of drug-likeness (QED) is 0.862. The molecule has 0 aliphatic rings. The molecule has 0 heterocycles. The van der Waals surface area contributed by atoms with Crippen LogP contribution < -0.4 is 0 Å². The lowest BCUT2D eigenvalue weighted by Crippen LogP contribution is -2.33. The van der Waals surface area contributed by atoms with E-state index in [1.54, 1.807) is 0 Å². The molecule has 0 spiro atoms. The fraction of sp³-hybridized carbons (Fsp3) is 0.417. The van der Waals surface area contributed by atoms with Gasteiger partial charge in [0.15, 0.2) is 0 Å². The third-order valence-corrected chi connectivity index (χ3v) is 2.40. The summed E-state index contributed by atoms with van der Waals surface area (Å²) in [5.74, 6) is -2.14. The van der Waals surface area contributed by atoms with Gasteiger partial charge in [-0.25, -0.2) is 4.39 Å². The fourth-order valence-corrected chi connectivity index (χ4v) is 1.58. The van der Waals surface area contributed by atoms with Crippen LogP contribution in [0.15, 0.2) is 18.2 Å². The Morgan fingerprint density at radius 1 is 1.42 bits per heavy atom. The second kappa shape index (κ2) is 5.56. The number of aliphatic hydroxyl groups excluding tert-OH is 1. The number of carbonyl (C=O) groups excluding carboxylic acids is 1. The number of halogens is 4. The van der Waals surface area contributed by atoms with Crippen molar-refractivity contribution >= 4 is 5.91 Å². The van der Waals surface area contributed by atoms with E-state index < -0.39 is 29.6 Å². The first-order valence-corrected chi connectivity index (χ1v) is 5.43. The summed E-state index contributed by atoms with van der Waals surface area (Å²) in [4.78, 5) is 12.9. The fourth-order valence-electron chi connectivity index (χ4n) is 1.58. The maximum Gasteiger partial charge on any atom is 0.419 e. The van der Waals surface area contributed by atoms with Crippen molar-refractivity contribution in [2.24, 2.45) is 0 Å². The lowest BCUT2D eigenvalue weighted by molar-refractivity contribution is -0.140. The molecular formula is C12H13F4NO2. The van der Waals surface area contributed by atoms with Crippen molar-refractivity contribution in [2.45, 2.75) is 19.2 Å². The minimum absolute atomic E-state index is 0.0302. The van der Waals surface area contributed by atoms with Gasteiger partial charge < -0.3 is 10.0 Å². The number of hydrogen-bond acceptors (Lipinski definition) is 2. The second-order valence-corrected chi connectivity index (χ2v) is 4.23. The zero-order valence-corrected chi connectivity index (χ0v) is 10.3. The Bertz CT molecular complexity index is 471. The molecule has 7 heteroatoms. The Balaban J connectivity index is 3.06. The average molecular weight is 279 g/mol. The van der Waals surface area contributed by atoms with Gasteiger partial charge in [-0.15, -0.1) is 0 Å². The first-order valence-electron chi connectivity index (χ1n) is 5.43. The Hall–Kier alpha value is -1.63. The van der Waals surface area contributed by atoms with E-state index in [-0.39, 0.29) is 12.1 Å². The molecule has 0 saturated heterocycles. The van der Waals surface area contributed by atoms with E-state index in [0.29, 0.717) is 12.1 Å². The molecule has 106 valence electrons. The van der Waals surface area contributed by atoms with Crippen LogP contribution in [-0.2, 0) is 6.18 Å². The molecule has 1 unspecified atom stereocenters. The standard InChI is InChI=1S/C12H13F4NO2/c1-7(18)6-17(2)11(19)8-3-4-10(13)9(5-8)12(14,15)16/h3-5,7,18H,6H2,1-2H3. The zero-order valence-electron chi connectivity index (χ0n) is 10.3. The monoisotopic (exact) mass is 279 g/mol. The number of amides is 1. The van der Waals surface area contributed by atoms with Crippen LogP contribution in [0.1, 0.15) is 22.8 Å². The summed E-state index contributed by atoms with van der Waals surface area (Å²) >= 11 is 0. The van der Waals surface area contributed by atoms with Gasteiger partial charge in [0.25, 0.3) is 5.91 Å². The summed E-state index contributed by atoms with van der Waals surface area (Å²) in [6, 6.07) is 2.05. The van der Waals surface area contributed by atoms with E-state index in [2.05, 4.69) is 0 Å². The molecule has 0 fully saturated rings. The van der Waals surface area contributed by atoms with E-state index in [9.17, 15) is 22.4 Å². The molecule has 0 aromatic heterocycles. The summed E-state index contributed by atoms with van der Waals surface area (Å²) < 4.78 is 50.6. The van der Waals surface area contributed by atoms with Gasteiger partial charge >= 0.3 is 6.18 Å². The van der Waals surface area contributed by atoms with Crippen molar-refractivity contribution in [1.29, 1.82) is 0 Å². The molecule has 1 N–H and O–H groups in total. The Morgan fingerprint density at radius 3 is 2.47 bits per heavy atom. The lowest BCUT2D eigenvalue weighted by Gasteiger charge is -2.19. The molecule has 1 aromatic rings. The third kappa shape index (κ3) is 3.92. The maximum atomic E-state index is 13.1. The van der Waals surface area contributed by atoms with Crippen LogP contribution in [0.25, 0.3) is 0 Å². The predicted molar refractivity (Wildman–Crippen MR) is 60.0 cm³/mol. The van der Waals surface area contributed by atoms with Gasteiger partial charge in [-0.2, -0.15) is 13.2 Å². The van der Waals surface area contributed by atoms with Crippen molar-refractivity contribution in [2.75, 3.05) is 13.6 Å². The van der Waals surface area contributed by atoms with Crippen LogP contribution in [0.4, 0.5) is 17.6 Å². The van der Waals surface area contributed by atoms with Crippen LogP contribution >= 0.6 is 0 Å². The largest absolute Gasteiger partial charge is 0.419 e. The summed E-state index contributed by atoms with van der Waals surface area (Å²) in [7, 11) is 1.34. The molecular weight excluding hydrogens is 266 g/mol. The number of carbonyl (C=O) groups is 1. The molecule has 0 aliphatic carbocycles. The molecule has 1 aromatic carbocycles. The van der Waals surface area contributed by atoms with Crippen molar-refractivity contribution in [1.82, 2.24) is 4.90 Å². The van der Waals surface area contributed by atoms with Crippen LogP contribution in [0.5, 0.6) is 0 Å². The van der Waals surface area contributed by atoms with E-state index in [1.807, 2.05) is 0 Å². The zero-order chi connectivity index (χ0) is 14.8. The van der Waals surface area contributed by atoms with Crippen LogP contribution in [0.3, 0.4) is 0 Å². The van der Waals surface area contributed by atoms with Gasteiger partial charge in [0.1, 0.15) is 5.82 Å². The highest BCUT2D eigenvalue weighted by Crippen LogP contribution is 2.32. The van der Waals surface area contributed by atoms with Gasteiger partial charge in [0, 0.05) is 19.2 Å². The number of rotatable bonds is 3. The molecule has 1 amide bonds. The van der Waals surface area contributed by atoms with Gasteiger partial charge in [0.05, 0.1) is 11.7 Å². The van der Waals surface area contributed by atoms with Gasteiger partial charge in [0.2, 0.25) is 0 Å². The minimum atomic E-state index is -4.86. The Labute approximate surface area is 107 Å².